The van der Waals surface area contributed by atoms with E-state index in [4.69, 9.17) is 16.3 Å². The standard InChI is InChI=1S/C22H20ClFN4O6S/c1-28-18(10-34-15-4-5-17(24)16(23)9-15)26-27-22(28)35-11-19(29)25-14-7-12(20(30)32-2)6-13(8-14)21(31)33-3/h4-9H,10-11H2,1-3H3,(H,25,29). The van der Waals surface area contributed by atoms with Crippen molar-refractivity contribution in [1.82, 2.24) is 14.8 Å². The van der Waals surface area contributed by atoms with Crippen LogP contribution >= 0.6 is 23.4 Å². The van der Waals surface area contributed by atoms with Crippen LogP contribution in [0.3, 0.4) is 0 Å². The number of thioether (sulfide) groups is 1. The predicted octanol–water partition coefficient (Wildman–Crippen LogP) is 3.49. The number of hydrogen-bond acceptors (Lipinski definition) is 9. The van der Waals surface area contributed by atoms with Gasteiger partial charge in [0.05, 0.1) is 36.1 Å². The summed E-state index contributed by atoms with van der Waals surface area (Å²) in [7, 11) is 4.12. The van der Waals surface area contributed by atoms with E-state index in [-0.39, 0.29) is 34.2 Å². The van der Waals surface area contributed by atoms with Crippen molar-refractivity contribution in [2.45, 2.75) is 11.8 Å². The number of aromatic nitrogens is 3. The zero-order valence-corrected chi connectivity index (χ0v) is 20.4. The average molecular weight is 523 g/mol. The zero-order chi connectivity index (χ0) is 25.5. The van der Waals surface area contributed by atoms with E-state index in [1.165, 1.54) is 50.6 Å². The number of carbonyl (C=O) groups is 3. The number of hydrogen-bond donors (Lipinski definition) is 1. The molecule has 0 aliphatic carbocycles. The second-order valence-corrected chi connectivity index (χ2v) is 8.29. The largest absolute Gasteiger partial charge is 0.486 e. The number of nitrogens with zero attached hydrogens (tertiary/aromatic N) is 3. The zero-order valence-electron chi connectivity index (χ0n) is 18.8. The minimum absolute atomic E-state index is 0.0313. The summed E-state index contributed by atoms with van der Waals surface area (Å²) in [5, 5.41) is 11.1. The minimum atomic E-state index is -0.669. The third-order valence-electron chi connectivity index (χ3n) is 4.58. The number of methoxy groups -OCH3 is 2. The SMILES string of the molecule is COC(=O)c1cc(NC(=O)CSc2nnc(COc3ccc(F)c(Cl)c3)n2C)cc(C(=O)OC)c1. The molecule has 13 heteroatoms. The van der Waals surface area contributed by atoms with Crippen molar-refractivity contribution in [3.8, 4) is 5.75 Å². The molecule has 0 saturated heterocycles. The van der Waals surface area contributed by atoms with Gasteiger partial charge in [0.25, 0.3) is 0 Å². The Morgan fingerprint density at radius 2 is 1.71 bits per heavy atom. The summed E-state index contributed by atoms with van der Waals surface area (Å²) in [5.74, 6) is -1.48. The Balaban J connectivity index is 1.62. The van der Waals surface area contributed by atoms with Crippen LogP contribution in [-0.2, 0) is 27.9 Å². The summed E-state index contributed by atoms with van der Waals surface area (Å²) in [6.07, 6.45) is 0. The normalized spacial score (nSPS) is 10.5. The van der Waals surface area contributed by atoms with Crippen LogP contribution in [0.15, 0.2) is 41.6 Å². The number of halogens is 2. The molecule has 0 radical (unpaired) electrons. The van der Waals surface area contributed by atoms with Crippen LogP contribution in [0.25, 0.3) is 0 Å². The number of nitrogens with one attached hydrogen (secondary N) is 1. The van der Waals surface area contributed by atoms with Crippen LogP contribution in [0.4, 0.5) is 10.1 Å². The van der Waals surface area contributed by atoms with Gasteiger partial charge in [-0.15, -0.1) is 10.2 Å². The topological polar surface area (TPSA) is 122 Å². The lowest BCUT2D eigenvalue weighted by atomic mass is 10.1. The lowest BCUT2D eigenvalue weighted by Gasteiger charge is -2.10. The fourth-order valence-electron chi connectivity index (χ4n) is 2.81. The van der Waals surface area contributed by atoms with E-state index in [2.05, 4.69) is 25.0 Å². The van der Waals surface area contributed by atoms with Crippen molar-refractivity contribution in [3.05, 3.63) is 64.2 Å². The van der Waals surface area contributed by atoms with Gasteiger partial charge in [0.2, 0.25) is 5.91 Å². The second-order valence-electron chi connectivity index (χ2n) is 6.94. The molecule has 2 aromatic carbocycles. The molecule has 0 aliphatic heterocycles. The highest BCUT2D eigenvalue weighted by Gasteiger charge is 2.16. The van der Waals surface area contributed by atoms with Crippen molar-refractivity contribution in [3.63, 3.8) is 0 Å². The number of ether oxygens (including phenoxy) is 3. The van der Waals surface area contributed by atoms with Gasteiger partial charge in [0.15, 0.2) is 11.0 Å². The molecule has 0 atom stereocenters. The van der Waals surface area contributed by atoms with E-state index in [1.807, 2.05) is 0 Å². The molecule has 0 spiro atoms. The fourth-order valence-corrected chi connectivity index (χ4v) is 3.71. The first-order valence-corrected chi connectivity index (χ1v) is 11.3. The molecule has 3 aromatic rings. The predicted molar refractivity (Wildman–Crippen MR) is 125 cm³/mol. The first-order valence-electron chi connectivity index (χ1n) is 9.92. The molecule has 1 aromatic heterocycles. The van der Waals surface area contributed by atoms with Gasteiger partial charge < -0.3 is 24.1 Å². The summed E-state index contributed by atoms with van der Waals surface area (Å²) in [4.78, 5) is 36.3. The third kappa shape index (κ3) is 6.70. The average Bonchev–Trinajstić information content (AvgIpc) is 3.21. The van der Waals surface area contributed by atoms with Gasteiger partial charge in [0.1, 0.15) is 18.2 Å². The van der Waals surface area contributed by atoms with Gasteiger partial charge in [-0.25, -0.2) is 14.0 Å². The molecule has 0 aliphatic rings. The van der Waals surface area contributed by atoms with Crippen LogP contribution in [-0.4, -0.2) is 52.6 Å². The highest BCUT2D eigenvalue weighted by Crippen LogP contribution is 2.23. The summed E-state index contributed by atoms with van der Waals surface area (Å²) < 4.78 is 29.9. The van der Waals surface area contributed by atoms with Crippen LogP contribution < -0.4 is 10.1 Å². The van der Waals surface area contributed by atoms with Crippen LogP contribution in [0, 0.1) is 5.82 Å². The molecular formula is C22H20ClFN4O6S. The summed E-state index contributed by atoms with van der Waals surface area (Å²) >= 11 is 6.87. The van der Waals surface area contributed by atoms with Crippen LogP contribution in [0.1, 0.15) is 26.5 Å². The number of anilines is 1. The van der Waals surface area contributed by atoms with Gasteiger partial charge >= 0.3 is 11.9 Å². The molecule has 3 rings (SSSR count). The molecular weight excluding hydrogens is 503 g/mol. The maximum atomic E-state index is 13.3. The molecule has 0 saturated carbocycles. The summed E-state index contributed by atoms with van der Waals surface area (Å²) in [6, 6.07) is 8.08. The molecule has 1 amide bonds. The maximum absolute atomic E-state index is 13.3. The molecule has 0 unspecified atom stereocenters. The Bertz CT molecular complexity index is 1230. The smallest absolute Gasteiger partial charge is 0.337 e. The van der Waals surface area contributed by atoms with E-state index >= 15 is 0 Å². The van der Waals surface area contributed by atoms with Gasteiger partial charge in [0, 0.05) is 18.8 Å². The van der Waals surface area contributed by atoms with Crippen molar-refractivity contribution in [2.24, 2.45) is 7.05 Å². The van der Waals surface area contributed by atoms with Crippen molar-refractivity contribution >= 4 is 46.9 Å². The first kappa shape index (κ1) is 26.0. The van der Waals surface area contributed by atoms with E-state index in [9.17, 15) is 18.8 Å². The quantitative estimate of drug-likeness (QED) is 0.332. The fraction of sp³-hybridized carbons (Fsp3) is 0.227. The Hall–Kier alpha value is -3.64. The van der Waals surface area contributed by atoms with Gasteiger partial charge in [-0.3, -0.25) is 4.79 Å². The molecule has 35 heavy (non-hydrogen) atoms. The number of esters is 2. The third-order valence-corrected chi connectivity index (χ3v) is 5.89. The minimum Gasteiger partial charge on any atom is -0.486 e. The monoisotopic (exact) mass is 522 g/mol. The van der Waals surface area contributed by atoms with Gasteiger partial charge in [-0.1, -0.05) is 23.4 Å². The lowest BCUT2D eigenvalue weighted by Crippen LogP contribution is -2.16. The highest BCUT2D eigenvalue weighted by molar-refractivity contribution is 7.99. The van der Waals surface area contributed by atoms with Crippen molar-refractivity contribution in [2.75, 3.05) is 25.3 Å². The van der Waals surface area contributed by atoms with E-state index < -0.39 is 23.7 Å². The van der Waals surface area contributed by atoms with Gasteiger partial charge in [-0.05, 0) is 30.3 Å². The van der Waals surface area contributed by atoms with E-state index in [1.54, 1.807) is 11.6 Å². The summed E-state index contributed by atoms with van der Waals surface area (Å²) in [5.41, 5.74) is 0.390. The lowest BCUT2D eigenvalue weighted by molar-refractivity contribution is -0.113. The number of carbonyl (C=O) groups excluding carboxylic acids is 3. The van der Waals surface area contributed by atoms with Crippen LogP contribution in [0.5, 0.6) is 5.75 Å². The Kier molecular flexibility index (Phi) is 8.66. The van der Waals surface area contributed by atoms with Crippen molar-refractivity contribution in [1.29, 1.82) is 0 Å². The molecule has 10 nitrogen and oxygen atoms in total. The van der Waals surface area contributed by atoms with E-state index in [0.29, 0.717) is 16.7 Å². The number of amides is 1. The highest BCUT2D eigenvalue weighted by atomic mass is 35.5. The first-order chi connectivity index (χ1) is 16.7. The molecule has 184 valence electrons. The molecule has 1 heterocycles. The van der Waals surface area contributed by atoms with Crippen molar-refractivity contribution < 1.29 is 33.0 Å². The Morgan fingerprint density at radius 1 is 1.06 bits per heavy atom. The molecule has 0 bridgehead atoms. The molecule has 0 fully saturated rings. The van der Waals surface area contributed by atoms with Crippen LogP contribution in [0.2, 0.25) is 5.02 Å². The second kappa shape index (κ2) is 11.7. The Morgan fingerprint density at radius 3 is 2.31 bits per heavy atom. The van der Waals surface area contributed by atoms with E-state index in [0.717, 1.165) is 11.8 Å². The number of benzene rings is 2. The summed E-state index contributed by atoms with van der Waals surface area (Å²) in [6.45, 7) is 0.0504. The molecule has 1 N–H and O–H groups in total. The number of rotatable bonds is 9. The Labute approximate surface area is 208 Å². The van der Waals surface area contributed by atoms with Gasteiger partial charge in [-0.2, -0.15) is 0 Å². The maximum Gasteiger partial charge on any atom is 0.337 e.